The van der Waals surface area contributed by atoms with Gasteiger partial charge in [-0.25, -0.2) is 17.2 Å². The largest absolute Gasteiger partial charge is 0.505 e. The number of halogens is 7. The molecule has 0 saturated carbocycles. The summed E-state index contributed by atoms with van der Waals surface area (Å²) < 4.78 is 115. The lowest BCUT2D eigenvalue weighted by molar-refractivity contribution is -0.284. The first-order valence-electron chi connectivity index (χ1n) is 15.6. The van der Waals surface area contributed by atoms with Crippen LogP contribution in [-0.4, -0.2) is 67.3 Å². The molecular weight excluding hydrogens is 639 g/mol. The Bertz CT molecular complexity index is 1460. The van der Waals surface area contributed by atoms with Gasteiger partial charge in [-0.3, -0.25) is 0 Å². The fourth-order valence-corrected chi connectivity index (χ4v) is 7.21. The Hall–Kier alpha value is -2.80. The molecule has 3 rings (SSSR count). The molecule has 2 N–H and O–H groups in total. The number of fused-ring (bicyclic) bond motifs is 1. The molecule has 13 heteroatoms. The molecule has 2 aromatic carbocycles. The van der Waals surface area contributed by atoms with Gasteiger partial charge in [-0.15, -0.1) is 0 Å². The van der Waals surface area contributed by atoms with Crippen LogP contribution in [0.15, 0.2) is 30.3 Å². The predicted molar refractivity (Wildman–Crippen MR) is 165 cm³/mol. The maximum atomic E-state index is 14.5. The van der Waals surface area contributed by atoms with Gasteiger partial charge in [0.25, 0.3) is 0 Å². The Labute approximate surface area is 266 Å². The van der Waals surface area contributed by atoms with Crippen molar-refractivity contribution in [2.45, 2.75) is 89.1 Å². The first kappa shape index (κ1) is 37.7. The molecule has 1 aliphatic rings. The fraction of sp³-hybridized carbons (Fsp3) is 0.576. The van der Waals surface area contributed by atoms with Crippen LogP contribution in [0, 0.1) is 11.6 Å². The molecule has 0 radical (unpaired) electrons. The van der Waals surface area contributed by atoms with Crippen LogP contribution >= 0.6 is 0 Å². The highest BCUT2D eigenvalue weighted by Crippen LogP contribution is 2.41. The molecule has 46 heavy (non-hydrogen) atoms. The number of phenols is 2. The number of phenolic OH excluding ortho intramolecular Hbond substituents is 2. The molecule has 0 unspecified atom stereocenters. The van der Waals surface area contributed by atoms with Crippen LogP contribution in [0.25, 0.3) is 11.1 Å². The summed E-state index contributed by atoms with van der Waals surface area (Å²) in [5.74, 6) is -8.17. The van der Waals surface area contributed by atoms with Crippen molar-refractivity contribution in [2.75, 3.05) is 31.6 Å². The maximum absolute atomic E-state index is 14.5. The van der Waals surface area contributed by atoms with E-state index in [4.69, 9.17) is 0 Å². The van der Waals surface area contributed by atoms with Crippen LogP contribution in [-0.2, 0) is 16.3 Å². The molecular formula is C33H42F7NO4S. The Morgan fingerprint density at radius 3 is 2.09 bits per heavy atom. The zero-order valence-electron chi connectivity index (χ0n) is 25.9. The molecule has 0 spiro atoms. The number of benzene rings is 2. The van der Waals surface area contributed by atoms with E-state index >= 15 is 0 Å². The minimum absolute atomic E-state index is 0.263. The van der Waals surface area contributed by atoms with Gasteiger partial charge in [-0.2, -0.15) is 22.0 Å². The first-order valence-corrected chi connectivity index (χ1v) is 17.4. The van der Waals surface area contributed by atoms with Crippen LogP contribution in [0.3, 0.4) is 0 Å². The average molecular weight is 682 g/mol. The highest BCUT2D eigenvalue weighted by atomic mass is 32.2. The van der Waals surface area contributed by atoms with Crippen molar-refractivity contribution in [3.8, 4) is 11.5 Å². The van der Waals surface area contributed by atoms with Gasteiger partial charge in [0, 0.05) is 6.42 Å². The van der Waals surface area contributed by atoms with Gasteiger partial charge in [-0.1, -0.05) is 18.9 Å². The first-order chi connectivity index (χ1) is 21.5. The summed E-state index contributed by atoms with van der Waals surface area (Å²) in [5, 5.41) is 19.9. The normalized spacial score (nSPS) is 14.5. The summed E-state index contributed by atoms with van der Waals surface area (Å²) in [7, 11) is -1.82. The third-order valence-corrected chi connectivity index (χ3v) is 10.2. The molecule has 0 aromatic heterocycles. The second kappa shape index (κ2) is 16.3. The average Bonchev–Trinajstić information content (AvgIpc) is 3.13. The van der Waals surface area contributed by atoms with Gasteiger partial charge in [0.2, 0.25) is 0 Å². The number of aryl methyl sites for hydroxylation is 1. The molecule has 0 heterocycles. The summed E-state index contributed by atoms with van der Waals surface area (Å²) in [6.45, 7) is 1.37. The van der Waals surface area contributed by atoms with Gasteiger partial charge in [0.1, 0.15) is 9.84 Å². The van der Waals surface area contributed by atoms with Gasteiger partial charge >= 0.3 is 12.1 Å². The minimum atomic E-state index is -5.69. The number of sulfone groups is 1. The van der Waals surface area contributed by atoms with E-state index in [1.807, 2.05) is 7.05 Å². The van der Waals surface area contributed by atoms with Crippen molar-refractivity contribution in [3.05, 3.63) is 58.7 Å². The van der Waals surface area contributed by atoms with Crippen molar-refractivity contribution in [3.63, 3.8) is 0 Å². The molecule has 0 amide bonds. The van der Waals surface area contributed by atoms with Crippen LogP contribution in [0.5, 0.6) is 11.5 Å². The summed E-state index contributed by atoms with van der Waals surface area (Å²) in [6, 6.07) is 7.01. The van der Waals surface area contributed by atoms with Crippen LogP contribution in [0.1, 0.15) is 87.3 Å². The standard InChI is InChI=1S/C33H42F7NO4S/c1-41(17-6-7-18-46(44,45)19-9-15-32(36,37)33(38,39)40)16-5-3-2-4-11-26-25(24-13-14-28(34)30(42)21-24)12-8-10-23-20-31(43)29(35)22-27(23)26/h13-14,20-22,42-43H,2-12,15-19H2,1H3. The third-order valence-electron chi connectivity index (χ3n) is 8.35. The number of hydrogen-bond acceptors (Lipinski definition) is 5. The number of rotatable bonds is 17. The lowest BCUT2D eigenvalue weighted by Gasteiger charge is -2.19. The SMILES string of the molecule is CN(CCCCCCC1=C(c2ccc(F)c(O)c2)CCCc2cc(O)c(F)cc21)CCCCS(=O)(=O)CCCC(F)(F)C(F)(F)F. The van der Waals surface area contributed by atoms with E-state index in [2.05, 4.69) is 4.90 Å². The number of unbranched alkanes of at least 4 members (excludes halogenated alkanes) is 4. The van der Waals surface area contributed by atoms with E-state index in [-0.39, 0.29) is 12.2 Å². The van der Waals surface area contributed by atoms with E-state index in [1.165, 1.54) is 24.3 Å². The van der Waals surface area contributed by atoms with Crippen molar-refractivity contribution in [1.29, 1.82) is 0 Å². The Morgan fingerprint density at radius 1 is 0.783 bits per heavy atom. The highest BCUT2D eigenvalue weighted by Gasteiger charge is 2.56. The fourth-order valence-electron chi connectivity index (χ4n) is 5.78. The van der Waals surface area contributed by atoms with E-state index < -0.39 is 63.7 Å². The van der Waals surface area contributed by atoms with Crippen LogP contribution < -0.4 is 0 Å². The summed E-state index contributed by atoms with van der Waals surface area (Å²) in [5.41, 5.74) is 4.06. The highest BCUT2D eigenvalue weighted by molar-refractivity contribution is 7.91. The second-order valence-corrected chi connectivity index (χ2v) is 14.4. The number of hydrogen-bond donors (Lipinski definition) is 2. The molecule has 258 valence electrons. The van der Waals surface area contributed by atoms with E-state index in [0.29, 0.717) is 43.4 Å². The van der Waals surface area contributed by atoms with Crippen LogP contribution in [0.2, 0.25) is 0 Å². The quantitative estimate of drug-likeness (QED) is 0.129. The molecule has 0 aliphatic heterocycles. The Balaban J connectivity index is 1.44. The zero-order chi connectivity index (χ0) is 34.1. The van der Waals surface area contributed by atoms with E-state index in [0.717, 1.165) is 55.4 Å². The van der Waals surface area contributed by atoms with E-state index in [9.17, 15) is 49.4 Å². The molecule has 2 aromatic rings. The topological polar surface area (TPSA) is 77.8 Å². The molecule has 0 saturated heterocycles. The van der Waals surface area contributed by atoms with Crippen LogP contribution in [0.4, 0.5) is 30.7 Å². The Morgan fingerprint density at radius 2 is 1.41 bits per heavy atom. The maximum Gasteiger partial charge on any atom is 0.453 e. The molecule has 0 atom stereocenters. The van der Waals surface area contributed by atoms with Crippen molar-refractivity contribution in [2.24, 2.45) is 0 Å². The summed E-state index contributed by atoms with van der Waals surface area (Å²) >= 11 is 0. The molecule has 1 aliphatic carbocycles. The van der Waals surface area contributed by atoms with Crippen molar-refractivity contribution >= 4 is 21.0 Å². The van der Waals surface area contributed by atoms with Gasteiger partial charge in [0.05, 0.1) is 11.5 Å². The number of aromatic hydroxyl groups is 2. The monoisotopic (exact) mass is 681 g/mol. The van der Waals surface area contributed by atoms with Crippen molar-refractivity contribution < 1.29 is 49.4 Å². The van der Waals surface area contributed by atoms with Gasteiger partial charge < -0.3 is 15.1 Å². The number of nitrogens with zero attached hydrogens (tertiary/aromatic N) is 1. The smallest absolute Gasteiger partial charge is 0.453 e. The molecule has 5 nitrogen and oxygen atoms in total. The molecule has 0 bridgehead atoms. The predicted octanol–water partition coefficient (Wildman–Crippen LogP) is 8.68. The summed E-state index contributed by atoms with van der Waals surface area (Å²) in [6.07, 6.45) is -1.06. The second-order valence-electron chi connectivity index (χ2n) is 12.1. The Kier molecular flexibility index (Phi) is 13.4. The van der Waals surface area contributed by atoms with Gasteiger partial charge in [-0.05, 0) is 130 Å². The van der Waals surface area contributed by atoms with E-state index in [1.54, 1.807) is 6.07 Å². The zero-order valence-corrected chi connectivity index (χ0v) is 26.7. The van der Waals surface area contributed by atoms with Gasteiger partial charge in [0.15, 0.2) is 23.1 Å². The number of allylic oxidation sites excluding steroid dienone is 2. The van der Waals surface area contributed by atoms with Crippen molar-refractivity contribution in [1.82, 2.24) is 4.90 Å². The third kappa shape index (κ3) is 10.9. The lowest BCUT2D eigenvalue weighted by atomic mass is 9.88. The lowest BCUT2D eigenvalue weighted by Crippen LogP contribution is -2.36. The minimum Gasteiger partial charge on any atom is -0.505 e. The molecule has 0 fully saturated rings. The number of alkyl halides is 5. The summed E-state index contributed by atoms with van der Waals surface area (Å²) in [4.78, 5) is 2.05.